The number of hydrogen-bond donors (Lipinski definition) is 1. The van der Waals surface area contributed by atoms with Crippen molar-refractivity contribution in [1.82, 2.24) is 54.9 Å². The van der Waals surface area contributed by atoms with E-state index < -0.39 is 0 Å². The number of hydrogen-bond acceptors (Lipinski definition) is 12. The van der Waals surface area contributed by atoms with Crippen LogP contribution in [-0.4, -0.2) is 75.7 Å². The average molecular weight is 875 g/mol. The van der Waals surface area contributed by atoms with Crippen LogP contribution in [0.1, 0.15) is 36.9 Å². The van der Waals surface area contributed by atoms with Gasteiger partial charge < -0.3 is 14.2 Å². The van der Waals surface area contributed by atoms with Gasteiger partial charge in [-0.15, -0.1) is 5.10 Å². The summed E-state index contributed by atoms with van der Waals surface area (Å²) < 4.78 is 20.1. The predicted octanol–water partition coefficient (Wildman–Crippen LogP) is 9.79. The van der Waals surface area contributed by atoms with Crippen LogP contribution in [-0.2, 0) is 4.74 Å². The maximum absolute atomic E-state index is 6.02. The Bertz CT molecular complexity index is 3000. The fourth-order valence-electron chi connectivity index (χ4n) is 7.35. The van der Waals surface area contributed by atoms with Gasteiger partial charge in [0, 0.05) is 58.4 Å². The van der Waals surface area contributed by atoms with Crippen molar-refractivity contribution in [2.24, 2.45) is 0 Å². The molecule has 0 aliphatic carbocycles. The molecule has 0 bridgehead atoms. The topological polar surface area (TPSA) is 164 Å². The number of nitrogens with zero attached hydrogens (tertiary/aromatic N) is 10. The molecule has 61 heavy (non-hydrogen) atoms. The standard InChI is InChI=1S/C23H22BrN5O2.C23H18N6O/c1-14-6-5-7-18(26-14)22-21(17-10-9-16-19(27-17)12-15(24)13-25-16)23(30-2)29(28-22)20-8-3-4-11-31-20;1-14-5-3-7-19(26-14)22-21(23(30-2)29-28-22)18-9-8-17-20(27-18)11-16(13-25-17)15-6-4-10-24-12-15/h5-7,9-10,12-13,20H,3-4,8,11H2,1-2H3;3-13H,1-2H3,(H,28,29). The van der Waals surface area contributed by atoms with Crippen molar-refractivity contribution in [1.29, 1.82) is 0 Å². The van der Waals surface area contributed by atoms with Crippen LogP contribution in [0.15, 0.2) is 114 Å². The molecule has 1 atom stereocenters. The first-order valence-corrected chi connectivity index (χ1v) is 20.5. The molecule has 1 saturated heterocycles. The first-order chi connectivity index (χ1) is 29.9. The van der Waals surface area contributed by atoms with E-state index in [2.05, 4.69) is 46.1 Å². The Morgan fingerprint density at radius 1 is 0.689 bits per heavy atom. The fourth-order valence-corrected chi connectivity index (χ4v) is 7.67. The number of ether oxygens (including phenoxy) is 3. The van der Waals surface area contributed by atoms with E-state index >= 15 is 0 Å². The SMILES string of the molecule is COc1c(-c2ccc3ncc(Br)cc3n2)c(-c2cccc(C)n2)nn1C1CCCCO1.COc1n[nH]c(-c2cccc(C)n2)c1-c1ccc2ncc(-c3cccnc3)cc2n1. The second-order valence-corrected chi connectivity index (χ2v) is 15.3. The van der Waals surface area contributed by atoms with Crippen molar-refractivity contribution >= 4 is 38.0 Å². The van der Waals surface area contributed by atoms with Crippen LogP contribution in [0, 0.1) is 13.8 Å². The number of fused-ring (bicyclic) bond motifs is 2. The minimum atomic E-state index is -0.169. The van der Waals surface area contributed by atoms with Crippen LogP contribution in [0.25, 0.3) is 78.5 Å². The highest BCUT2D eigenvalue weighted by atomic mass is 79.9. The van der Waals surface area contributed by atoms with Gasteiger partial charge in [0.25, 0.3) is 0 Å². The predicted molar refractivity (Wildman–Crippen MR) is 237 cm³/mol. The van der Waals surface area contributed by atoms with Crippen molar-refractivity contribution in [3.8, 4) is 68.2 Å². The normalized spacial score (nSPS) is 13.8. The summed E-state index contributed by atoms with van der Waals surface area (Å²) in [6.07, 6.45) is 10.0. The molecule has 15 heteroatoms. The highest BCUT2D eigenvalue weighted by molar-refractivity contribution is 9.10. The third-order valence-corrected chi connectivity index (χ3v) is 10.7. The molecule has 14 nitrogen and oxygen atoms in total. The van der Waals surface area contributed by atoms with Crippen LogP contribution in [0.4, 0.5) is 0 Å². The van der Waals surface area contributed by atoms with Gasteiger partial charge in [-0.25, -0.2) is 14.6 Å². The van der Waals surface area contributed by atoms with Gasteiger partial charge in [-0.3, -0.25) is 30.0 Å². The Balaban J connectivity index is 0.000000156. The van der Waals surface area contributed by atoms with E-state index in [4.69, 9.17) is 34.3 Å². The number of aryl methyl sites for hydroxylation is 2. The quantitative estimate of drug-likeness (QED) is 0.154. The van der Waals surface area contributed by atoms with E-state index in [1.165, 1.54) is 0 Å². The summed E-state index contributed by atoms with van der Waals surface area (Å²) in [4.78, 5) is 32.3. The molecule has 1 N–H and O–H groups in total. The van der Waals surface area contributed by atoms with Crippen LogP contribution in [0.5, 0.6) is 11.8 Å². The first kappa shape index (κ1) is 39.5. The number of halogens is 1. The molecule has 1 fully saturated rings. The summed E-state index contributed by atoms with van der Waals surface area (Å²) in [5.74, 6) is 1.09. The number of methoxy groups -OCH3 is 2. The summed E-state index contributed by atoms with van der Waals surface area (Å²) in [5.41, 5.74) is 13.1. The van der Waals surface area contributed by atoms with Crippen LogP contribution in [0.3, 0.4) is 0 Å². The second-order valence-electron chi connectivity index (χ2n) is 14.4. The minimum Gasteiger partial charge on any atom is -0.481 e. The summed E-state index contributed by atoms with van der Waals surface area (Å²) in [7, 11) is 3.25. The molecule has 0 amide bonds. The van der Waals surface area contributed by atoms with Gasteiger partial charge in [0.1, 0.15) is 5.69 Å². The third-order valence-electron chi connectivity index (χ3n) is 10.2. The molecular weight excluding hydrogens is 834 g/mol. The Labute approximate surface area is 359 Å². The van der Waals surface area contributed by atoms with Gasteiger partial charge in [-0.05, 0) is 116 Å². The van der Waals surface area contributed by atoms with E-state index in [0.29, 0.717) is 11.8 Å². The van der Waals surface area contributed by atoms with Gasteiger partial charge in [0.15, 0.2) is 6.23 Å². The van der Waals surface area contributed by atoms with Crippen molar-refractivity contribution in [3.63, 3.8) is 0 Å². The van der Waals surface area contributed by atoms with Gasteiger partial charge in [0.05, 0.1) is 75.9 Å². The van der Waals surface area contributed by atoms with Crippen molar-refractivity contribution in [3.05, 3.63) is 126 Å². The highest BCUT2D eigenvalue weighted by Gasteiger charge is 2.29. The highest BCUT2D eigenvalue weighted by Crippen LogP contribution is 2.42. The monoisotopic (exact) mass is 873 g/mol. The molecule has 1 aliphatic rings. The lowest BCUT2D eigenvalue weighted by atomic mass is 10.1. The van der Waals surface area contributed by atoms with Gasteiger partial charge in [0.2, 0.25) is 11.8 Å². The van der Waals surface area contributed by atoms with E-state index in [1.54, 1.807) is 26.6 Å². The summed E-state index contributed by atoms with van der Waals surface area (Å²) in [6, 6.07) is 27.4. The smallest absolute Gasteiger partial charge is 0.242 e. The maximum Gasteiger partial charge on any atom is 0.242 e. The molecule has 10 heterocycles. The van der Waals surface area contributed by atoms with Crippen molar-refractivity contribution in [2.45, 2.75) is 39.3 Å². The summed E-state index contributed by atoms with van der Waals surface area (Å²) >= 11 is 3.49. The number of H-pyrrole nitrogens is 1. The zero-order chi connectivity index (χ0) is 41.9. The van der Waals surface area contributed by atoms with E-state index in [-0.39, 0.29) is 6.23 Å². The number of nitrogens with one attached hydrogen (secondary N) is 1. The molecule has 10 rings (SSSR count). The molecule has 0 aromatic carbocycles. The van der Waals surface area contributed by atoms with Crippen molar-refractivity contribution < 1.29 is 14.2 Å². The molecule has 1 unspecified atom stereocenters. The van der Waals surface area contributed by atoms with Crippen LogP contribution < -0.4 is 9.47 Å². The molecule has 1 aliphatic heterocycles. The maximum atomic E-state index is 6.02. The second kappa shape index (κ2) is 17.3. The molecule has 9 aromatic rings. The molecule has 9 aromatic heterocycles. The van der Waals surface area contributed by atoms with Gasteiger partial charge >= 0.3 is 0 Å². The molecule has 0 radical (unpaired) electrons. The molecular formula is C46H40BrN11O3. The van der Waals surface area contributed by atoms with E-state index in [9.17, 15) is 0 Å². The zero-order valence-electron chi connectivity index (χ0n) is 33.9. The number of aromatic amines is 1. The van der Waals surface area contributed by atoms with Crippen LogP contribution >= 0.6 is 15.9 Å². The largest absolute Gasteiger partial charge is 0.481 e. The lowest BCUT2D eigenvalue weighted by Crippen LogP contribution is -2.19. The lowest BCUT2D eigenvalue weighted by molar-refractivity contribution is -0.0430. The average Bonchev–Trinajstić information content (AvgIpc) is 3.92. The van der Waals surface area contributed by atoms with Crippen molar-refractivity contribution in [2.75, 3.05) is 20.8 Å². The fraction of sp³-hybridized carbons (Fsp3) is 0.196. The Morgan fingerprint density at radius 3 is 2.10 bits per heavy atom. The lowest BCUT2D eigenvalue weighted by Gasteiger charge is -2.24. The molecule has 0 saturated carbocycles. The zero-order valence-corrected chi connectivity index (χ0v) is 35.5. The molecule has 304 valence electrons. The van der Waals surface area contributed by atoms with E-state index in [1.807, 2.05) is 116 Å². The van der Waals surface area contributed by atoms with Gasteiger partial charge in [-0.2, -0.15) is 5.10 Å². The Hall–Kier alpha value is -6.97. The number of rotatable bonds is 8. The Kier molecular flexibility index (Phi) is 11.2. The van der Waals surface area contributed by atoms with Crippen LogP contribution in [0.2, 0.25) is 0 Å². The number of pyridine rings is 7. The molecule has 0 spiro atoms. The summed E-state index contributed by atoms with van der Waals surface area (Å²) in [6.45, 7) is 4.64. The minimum absolute atomic E-state index is 0.169. The van der Waals surface area contributed by atoms with Gasteiger partial charge in [-0.1, -0.05) is 18.2 Å². The summed E-state index contributed by atoms with van der Waals surface area (Å²) in [5, 5.41) is 12.3. The number of aromatic nitrogens is 11. The van der Waals surface area contributed by atoms with E-state index in [0.717, 1.165) is 120 Å². The Morgan fingerprint density at radius 2 is 1.41 bits per heavy atom. The third kappa shape index (κ3) is 8.17. The first-order valence-electron chi connectivity index (χ1n) is 19.8.